The summed E-state index contributed by atoms with van der Waals surface area (Å²) in [6.45, 7) is 5.84. The number of hydrogen-bond donors (Lipinski definition) is 4. The smallest absolute Gasteiger partial charge is 0.226 e. The molecule has 0 aromatic carbocycles. The van der Waals surface area contributed by atoms with Gasteiger partial charge in [-0.1, -0.05) is 5.16 Å². The Bertz CT molecular complexity index is 250. The highest BCUT2D eigenvalue weighted by molar-refractivity contribution is 5.85. The summed E-state index contributed by atoms with van der Waals surface area (Å²) in [5, 5.41) is 16.9. The van der Waals surface area contributed by atoms with Crippen molar-refractivity contribution in [2.24, 2.45) is 16.3 Å². The van der Waals surface area contributed by atoms with Gasteiger partial charge in [-0.05, 0) is 20.8 Å². The minimum atomic E-state index is -0.529. The lowest BCUT2D eigenvalue weighted by molar-refractivity contribution is -0.128. The van der Waals surface area contributed by atoms with E-state index in [0.29, 0.717) is 6.54 Å². The van der Waals surface area contributed by atoms with E-state index in [0.717, 1.165) is 0 Å². The van der Waals surface area contributed by atoms with Gasteiger partial charge >= 0.3 is 0 Å². The van der Waals surface area contributed by atoms with Crippen LogP contribution in [0.1, 0.15) is 20.8 Å². The Morgan fingerprint density at radius 2 is 2.13 bits per heavy atom. The highest BCUT2D eigenvalue weighted by Gasteiger charge is 2.27. The Balaban J connectivity index is 4.21. The third-order valence-electron chi connectivity index (χ3n) is 2.25. The van der Waals surface area contributed by atoms with Crippen molar-refractivity contribution in [1.29, 1.82) is 0 Å². The monoisotopic (exact) mass is 216 g/mol. The van der Waals surface area contributed by atoms with Crippen molar-refractivity contribution in [3.63, 3.8) is 0 Å². The molecule has 0 radical (unpaired) electrons. The minimum absolute atomic E-state index is 0.0540. The number of nitrogens with two attached hydrogens (primary N) is 1. The summed E-state index contributed by atoms with van der Waals surface area (Å²) in [7, 11) is 1.59. The number of carbonyl (C=O) groups excluding carboxylic acids is 1. The number of oxime groups is 1. The molecular weight excluding hydrogens is 196 g/mol. The lowest BCUT2D eigenvalue weighted by Gasteiger charge is -2.24. The summed E-state index contributed by atoms with van der Waals surface area (Å²) in [5.74, 6) is 0.0458. The molecule has 0 heterocycles. The van der Waals surface area contributed by atoms with Crippen LogP contribution in [0.15, 0.2) is 5.16 Å². The molecule has 0 aliphatic carbocycles. The van der Waals surface area contributed by atoms with Crippen LogP contribution in [0.5, 0.6) is 0 Å². The fourth-order valence-corrected chi connectivity index (χ4v) is 1.02. The molecule has 0 saturated heterocycles. The first-order valence-electron chi connectivity index (χ1n) is 4.78. The van der Waals surface area contributed by atoms with E-state index >= 15 is 0 Å². The lowest BCUT2D eigenvalue weighted by Crippen LogP contribution is -2.47. The molecule has 0 saturated carbocycles. The molecule has 5 N–H and O–H groups in total. The van der Waals surface area contributed by atoms with Gasteiger partial charge in [0.1, 0.15) is 0 Å². The number of nitrogens with zero attached hydrogens (tertiary/aromatic N) is 1. The number of rotatable bonds is 5. The Morgan fingerprint density at radius 3 is 2.53 bits per heavy atom. The van der Waals surface area contributed by atoms with E-state index in [2.05, 4.69) is 15.8 Å². The number of amidine groups is 1. The second-order valence-corrected chi connectivity index (χ2v) is 4.09. The predicted molar refractivity (Wildman–Crippen MR) is 58.7 cm³/mol. The first kappa shape index (κ1) is 13.7. The van der Waals surface area contributed by atoms with E-state index in [-0.39, 0.29) is 17.8 Å². The summed E-state index contributed by atoms with van der Waals surface area (Å²) < 4.78 is 0. The molecule has 1 amide bonds. The third-order valence-corrected chi connectivity index (χ3v) is 2.25. The van der Waals surface area contributed by atoms with Crippen LogP contribution in [0.4, 0.5) is 0 Å². The van der Waals surface area contributed by atoms with Gasteiger partial charge in [-0.15, -0.1) is 0 Å². The van der Waals surface area contributed by atoms with Crippen molar-refractivity contribution in [2.75, 3.05) is 13.6 Å². The number of nitrogens with one attached hydrogen (secondary N) is 2. The van der Waals surface area contributed by atoms with Crippen LogP contribution in [0.2, 0.25) is 0 Å². The standard InChI is InChI=1S/C9H20N4O2/c1-6(7(10)13-15)12-5-9(2,3)8(14)11-4/h6,12,15H,5H2,1-4H3,(H2,10,13)(H,11,14). The van der Waals surface area contributed by atoms with Crippen molar-refractivity contribution in [3.05, 3.63) is 0 Å². The van der Waals surface area contributed by atoms with E-state index in [1.54, 1.807) is 14.0 Å². The Morgan fingerprint density at radius 1 is 1.60 bits per heavy atom. The van der Waals surface area contributed by atoms with Crippen molar-refractivity contribution in [2.45, 2.75) is 26.8 Å². The van der Waals surface area contributed by atoms with Gasteiger partial charge in [0.05, 0.1) is 11.5 Å². The molecule has 0 aromatic rings. The van der Waals surface area contributed by atoms with E-state index in [4.69, 9.17) is 10.9 Å². The van der Waals surface area contributed by atoms with Crippen LogP contribution in [0, 0.1) is 5.41 Å². The van der Waals surface area contributed by atoms with E-state index in [9.17, 15) is 4.79 Å². The average Bonchev–Trinajstić information content (AvgIpc) is 2.23. The third kappa shape index (κ3) is 4.16. The molecule has 0 aliphatic rings. The molecule has 0 spiro atoms. The topological polar surface area (TPSA) is 99.7 Å². The summed E-state index contributed by atoms with van der Waals surface area (Å²) in [4.78, 5) is 11.4. The normalized spacial score (nSPS) is 14.8. The van der Waals surface area contributed by atoms with Crippen LogP contribution < -0.4 is 16.4 Å². The van der Waals surface area contributed by atoms with E-state index in [1.807, 2.05) is 13.8 Å². The van der Waals surface area contributed by atoms with Gasteiger partial charge in [0, 0.05) is 13.6 Å². The Kier molecular flexibility index (Phi) is 5.07. The van der Waals surface area contributed by atoms with Gasteiger partial charge in [0.15, 0.2) is 5.84 Å². The molecule has 6 nitrogen and oxygen atoms in total. The summed E-state index contributed by atoms with van der Waals surface area (Å²) in [5.41, 5.74) is 4.86. The van der Waals surface area contributed by atoms with Crippen LogP contribution in [0.3, 0.4) is 0 Å². The van der Waals surface area contributed by atoms with Crippen molar-refractivity contribution < 1.29 is 10.0 Å². The zero-order chi connectivity index (χ0) is 12.1. The molecule has 0 bridgehead atoms. The van der Waals surface area contributed by atoms with Crippen molar-refractivity contribution in [3.8, 4) is 0 Å². The zero-order valence-corrected chi connectivity index (χ0v) is 9.66. The molecule has 0 aliphatic heterocycles. The lowest BCUT2D eigenvalue weighted by atomic mass is 9.92. The second kappa shape index (κ2) is 5.55. The van der Waals surface area contributed by atoms with E-state index in [1.165, 1.54) is 0 Å². The molecule has 1 atom stereocenters. The second-order valence-electron chi connectivity index (χ2n) is 4.09. The Hall–Kier alpha value is -1.30. The highest BCUT2D eigenvalue weighted by Crippen LogP contribution is 2.13. The first-order valence-corrected chi connectivity index (χ1v) is 4.78. The van der Waals surface area contributed by atoms with Gasteiger partial charge in [-0.2, -0.15) is 0 Å². The van der Waals surface area contributed by atoms with Gasteiger partial charge in [0.2, 0.25) is 5.91 Å². The molecule has 6 heteroatoms. The SMILES string of the molecule is CNC(=O)C(C)(C)CNC(C)C(N)=NO. The van der Waals surface area contributed by atoms with Crippen LogP contribution >= 0.6 is 0 Å². The number of hydrogen-bond acceptors (Lipinski definition) is 4. The Labute approximate surface area is 89.9 Å². The number of amides is 1. The molecule has 0 fully saturated rings. The van der Waals surface area contributed by atoms with Gasteiger partial charge < -0.3 is 21.6 Å². The summed E-state index contributed by atoms with van der Waals surface area (Å²) in [6, 6.07) is -0.265. The van der Waals surface area contributed by atoms with Crippen LogP contribution in [-0.2, 0) is 4.79 Å². The van der Waals surface area contributed by atoms with Crippen LogP contribution in [0.25, 0.3) is 0 Å². The fraction of sp³-hybridized carbons (Fsp3) is 0.778. The van der Waals surface area contributed by atoms with Gasteiger partial charge in [-0.3, -0.25) is 4.79 Å². The summed E-state index contributed by atoms with van der Waals surface area (Å²) in [6.07, 6.45) is 0. The van der Waals surface area contributed by atoms with Gasteiger partial charge in [-0.25, -0.2) is 0 Å². The van der Waals surface area contributed by atoms with Crippen LogP contribution in [-0.4, -0.2) is 36.6 Å². The maximum Gasteiger partial charge on any atom is 0.226 e. The molecule has 15 heavy (non-hydrogen) atoms. The molecule has 1 unspecified atom stereocenters. The quantitative estimate of drug-likeness (QED) is 0.215. The largest absolute Gasteiger partial charge is 0.409 e. The number of carbonyl (C=O) groups is 1. The first-order chi connectivity index (χ1) is 6.85. The van der Waals surface area contributed by atoms with E-state index < -0.39 is 5.41 Å². The molecular formula is C9H20N4O2. The fourth-order valence-electron chi connectivity index (χ4n) is 1.02. The average molecular weight is 216 g/mol. The summed E-state index contributed by atoms with van der Waals surface area (Å²) >= 11 is 0. The molecule has 0 aromatic heterocycles. The van der Waals surface area contributed by atoms with Gasteiger partial charge in [0.25, 0.3) is 0 Å². The molecule has 0 rings (SSSR count). The minimum Gasteiger partial charge on any atom is -0.409 e. The maximum absolute atomic E-state index is 11.4. The maximum atomic E-state index is 11.4. The zero-order valence-electron chi connectivity index (χ0n) is 9.66. The molecule has 88 valence electrons. The van der Waals surface area contributed by atoms with Crippen molar-refractivity contribution >= 4 is 11.7 Å². The van der Waals surface area contributed by atoms with Crippen molar-refractivity contribution in [1.82, 2.24) is 10.6 Å². The highest BCUT2D eigenvalue weighted by atomic mass is 16.4. The predicted octanol–water partition coefficient (Wildman–Crippen LogP) is -0.517.